The van der Waals surface area contributed by atoms with E-state index in [9.17, 15) is 13.2 Å². The number of carbonyl (C=O) groups excluding carboxylic acids is 1. The molecule has 0 aliphatic carbocycles. The van der Waals surface area contributed by atoms with Crippen molar-refractivity contribution < 1.29 is 17.9 Å². The highest BCUT2D eigenvalue weighted by molar-refractivity contribution is 7.92. The average molecular weight is 522 g/mol. The molecule has 0 bridgehead atoms. The summed E-state index contributed by atoms with van der Waals surface area (Å²) < 4.78 is 34.4. The number of rotatable bonds is 17. The molecule has 0 saturated heterocycles. The van der Waals surface area contributed by atoms with Gasteiger partial charge in [-0.2, -0.15) is 0 Å². The Kier molecular flexibility index (Phi) is 11.7. The second-order valence-electron chi connectivity index (χ2n) is 9.35. The minimum absolute atomic E-state index is 0.112. The standard InChI is InChI=1S/C31H39NO4S/c1-2-3-4-5-6-7-8-9-10-16-25-36-27-21-23-28(24-22-27)37(34,35)32-30-20-15-14-19-29(30)31(33)26-17-12-11-13-18-26/h11-15,17-24,32H,2-10,16,25H2,1H3. The van der Waals surface area contributed by atoms with Crippen LogP contribution in [0.25, 0.3) is 0 Å². The minimum Gasteiger partial charge on any atom is -0.494 e. The number of hydrogen-bond donors (Lipinski definition) is 1. The number of ketones is 1. The first-order chi connectivity index (χ1) is 18.0. The molecule has 0 atom stereocenters. The average Bonchev–Trinajstić information content (AvgIpc) is 2.92. The van der Waals surface area contributed by atoms with E-state index in [-0.39, 0.29) is 16.4 Å². The van der Waals surface area contributed by atoms with Crippen LogP contribution in [-0.4, -0.2) is 20.8 Å². The maximum absolute atomic E-state index is 13.0. The van der Waals surface area contributed by atoms with Crippen molar-refractivity contribution in [2.45, 2.75) is 76.0 Å². The van der Waals surface area contributed by atoms with Crippen LogP contribution >= 0.6 is 0 Å². The first kappa shape index (κ1) is 28.5. The van der Waals surface area contributed by atoms with Crippen molar-refractivity contribution in [3.05, 3.63) is 90.0 Å². The van der Waals surface area contributed by atoms with Crippen LogP contribution < -0.4 is 9.46 Å². The predicted molar refractivity (Wildman–Crippen MR) is 151 cm³/mol. The summed E-state index contributed by atoms with van der Waals surface area (Å²) in [6, 6.07) is 21.8. The van der Waals surface area contributed by atoms with Crippen LogP contribution in [0.5, 0.6) is 5.75 Å². The second kappa shape index (κ2) is 15.2. The molecule has 0 saturated carbocycles. The molecule has 198 valence electrons. The van der Waals surface area contributed by atoms with Crippen LogP contribution in [0.1, 0.15) is 87.1 Å². The second-order valence-corrected chi connectivity index (χ2v) is 11.0. The van der Waals surface area contributed by atoms with Crippen molar-refractivity contribution >= 4 is 21.5 Å². The topological polar surface area (TPSA) is 72.5 Å². The maximum Gasteiger partial charge on any atom is 0.261 e. The zero-order valence-corrected chi connectivity index (χ0v) is 22.6. The Bertz CT molecular complexity index is 1190. The molecule has 37 heavy (non-hydrogen) atoms. The smallest absolute Gasteiger partial charge is 0.261 e. The third-order valence-corrected chi connectivity index (χ3v) is 7.73. The Hall–Kier alpha value is -3.12. The van der Waals surface area contributed by atoms with E-state index in [1.807, 2.05) is 6.07 Å². The van der Waals surface area contributed by atoms with Gasteiger partial charge in [-0.05, 0) is 42.8 Å². The lowest BCUT2D eigenvalue weighted by atomic mass is 10.0. The van der Waals surface area contributed by atoms with Crippen LogP contribution in [0.4, 0.5) is 5.69 Å². The Morgan fingerprint density at radius 2 is 1.27 bits per heavy atom. The lowest BCUT2D eigenvalue weighted by molar-refractivity contribution is 0.103. The van der Waals surface area contributed by atoms with Crippen LogP contribution in [0.15, 0.2) is 83.8 Å². The van der Waals surface area contributed by atoms with Crippen LogP contribution in [0.3, 0.4) is 0 Å². The van der Waals surface area contributed by atoms with Crippen molar-refractivity contribution in [2.75, 3.05) is 11.3 Å². The number of para-hydroxylation sites is 1. The minimum atomic E-state index is -3.87. The van der Waals surface area contributed by atoms with Gasteiger partial charge in [0.25, 0.3) is 10.0 Å². The van der Waals surface area contributed by atoms with Crippen molar-refractivity contribution in [1.29, 1.82) is 0 Å². The van der Waals surface area contributed by atoms with E-state index >= 15 is 0 Å². The van der Waals surface area contributed by atoms with Crippen molar-refractivity contribution in [3.8, 4) is 5.75 Å². The largest absolute Gasteiger partial charge is 0.494 e. The summed E-state index contributed by atoms with van der Waals surface area (Å²) in [7, 11) is -3.87. The number of hydrogen-bond acceptors (Lipinski definition) is 4. The number of anilines is 1. The Balaban J connectivity index is 1.47. The van der Waals surface area contributed by atoms with E-state index in [1.165, 1.54) is 63.5 Å². The van der Waals surface area contributed by atoms with Crippen molar-refractivity contribution in [2.24, 2.45) is 0 Å². The van der Waals surface area contributed by atoms with E-state index in [2.05, 4.69) is 11.6 Å². The third kappa shape index (κ3) is 9.36. The molecule has 3 aromatic carbocycles. The summed E-state index contributed by atoms with van der Waals surface area (Å²) >= 11 is 0. The van der Waals surface area contributed by atoms with E-state index in [1.54, 1.807) is 60.7 Å². The fraction of sp³-hybridized carbons (Fsp3) is 0.387. The van der Waals surface area contributed by atoms with Gasteiger partial charge in [-0.25, -0.2) is 8.42 Å². The highest BCUT2D eigenvalue weighted by atomic mass is 32.2. The van der Waals surface area contributed by atoms with E-state index in [0.717, 1.165) is 12.8 Å². The van der Waals surface area contributed by atoms with Gasteiger partial charge in [0.2, 0.25) is 0 Å². The van der Waals surface area contributed by atoms with Crippen LogP contribution in [0.2, 0.25) is 0 Å². The Labute approximate surface area is 222 Å². The molecule has 0 heterocycles. The van der Waals surface area contributed by atoms with E-state index in [0.29, 0.717) is 23.5 Å². The monoisotopic (exact) mass is 521 g/mol. The molecular formula is C31H39NO4S. The van der Waals surface area contributed by atoms with Gasteiger partial charge in [0, 0.05) is 11.1 Å². The first-order valence-electron chi connectivity index (χ1n) is 13.5. The molecular weight excluding hydrogens is 482 g/mol. The number of benzene rings is 3. The summed E-state index contributed by atoms with van der Waals surface area (Å²) in [6.07, 6.45) is 12.7. The summed E-state index contributed by atoms with van der Waals surface area (Å²) in [5, 5.41) is 0. The zero-order valence-electron chi connectivity index (χ0n) is 21.8. The van der Waals surface area contributed by atoms with E-state index in [4.69, 9.17) is 4.74 Å². The highest BCUT2D eigenvalue weighted by Crippen LogP contribution is 2.24. The number of unbranched alkanes of at least 4 members (excludes halogenated alkanes) is 9. The molecule has 3 aromatic rings. The number of sulfonamides is 1. The molecule has 0 radical (unpaired) electrons. The molecule has 6 heteroatoms. The number of ether oxygens (including phenoxy) is 1. The maximum atomic E-state index is 13.0. The summed E-state index contributed by atoms with van der Waals surface area (Å²) in [4.78, 5) is 13.0. The van der Waals surface area contributed by atoms with Gasteiger partial charge >= 0.3 is 0 Å². The van der Waals surface area contributed by atoms with Crippen LogP contribution in [-0.2, 0) is 10.0 Å². The molecule has 0 aliphatic heterocycles. The van der Waals surface area contributed by atoms with E-state index < -0.39 is 10.0 Å². The third-order valence-electron chi connectivity index (χ3n) is 6.35. The number of carbonyl (C=O) groups is 1. The quantitative estimate of drug-likeness (QED) is 0.144. The zero-order chi connectivity index (χ0) is 26.3. The summed E-state index contributed by atoms with van der Waals surface area (Å²) in [5.74, 6) is 0.407. The molecule has 0 aromatic heterocycles. The molecule has 0 aliphatic rings. The van der Waals surface area contributed by atoms with Gasteiger partial charge < -0.3 is 4.74 Å². The SMILES string of the molecule is CCCCCCCCCCCCOc1ccc(S(=O)(=O)Nc2ccccc2C(=O)c2ccccc2)cc1. The molecule has 0 spiro atoms. The predicted octanol–water partition coefficient (Wildman–Crippen LogP) is 8.02. The molecule has 0 amide bonds. The van der Waals surface area contributed by atoms with Gasteiger partial charge in [0.15, 0.2) is 5.78 Å². The van der Waals surface area contributed by atoms with Gasteiger partial charge in [-0.15, -0.1) is 0 Å². The van der Waals surface area contributed by atoms with Gasteiger partial charge in [-0.1, -0.05) is 107 Å². The fourth-order valence-corrected chi connectivity index (χ4v) is 5.29. The molecule has 0 unspecified atom stereocenters. The molecule has 5 nitrogen and oxygen atoms in total. The van der Waals surface area contributed by atoms with Crippen molar-refractivity contribution in [3.63, 3.8) is 0 Å². The number of nitrogens with one attached hydrogen (secondary N) is 1. The first-order valence-corrected chi connectivity index (χ1v) is 14.9. The summed E-state index contributed by atoms with van der Waals surface area (Å²) in [6.45, 7) is 2.87. The lowest BCUT2D eigenvalue weighted by Gasteiger charge is -2.13. The Morgan fingerprint density at radius 1 is 0.703 bits per heavy atom. The van der Waals surface area contributed by atoms with Crippen LogP contribution in [0, 0.1) is 0 Å². The van der Waals surface area contributed by atoms with Gasteiger partial charge in [0.05, 0.1) is 17.2 Å². The Morgan fingerprint density at radius 3 is 1.92 bits per heavy atom. The molecule has 3 rings (SSSR count). The lowest BCUT2D eigenvalue weighted by Crippen LogP contribution is -2.16. The normalized spacial score (nSPS) is 11.3. The van der Waals surface area contributed by atoms with Gasteiger partial charge in [0.1, 0.15) is 5.75 Å². The highest BCUT2D eigenvalue weighted by Gasteiger charge is 2.19. The fourth-order valence-electron chi connectivity index (χ4n) is 4.21. The van der Waals surface area contributed by atoms with Crippen molar-refractivity contribution in [1.82, 2.24) is 0 Å². The molecule has 1 N–H and O–H groups in total. The van der Waals surface area contributed by atoms with Gasteiger partial charge in [-0.3, -0.25) is 9.52 Å². The summed E-state index contributed by atoms with van der Waals surface area (Å²) in [5.41, 5.74) is 1.05. The molecule has 0 fully saturated rings.